The predicted octanol–water partition coefficient (Wildman–Crippen LogP) is 1.79. The Kier molecular flexibility index (Phi) is 5.72. The van der Waals surface area contributed by atoms with Gasteiger partial charge in [0.25, 0.3) is 0 Å². The van der Waals surface area contributed by atoms with Crippen LogP contribution in [0.2, 0.25) is 0 Å². The molecule has 27 heavy (non-hydrogen) atoms. The summed E-state index contributed by atoms with van der Waals surface area (Å²) in [5.41, 5.74) is 0. The first-order chi connectivity index (χ1) is 12.7. The molecule has 148 valence electrons. The Labute approximate surface area is 155 Å². The van der Waals surface area contributed by atoms with Crippen molar-refractivity contribution < 1.29 is 26.3 Å². The summed E-state index contributed by atoms with van der Waals surface area (Å²) in [5, 5.41) is 0. The molecule has 1 aromatic heterocycles. The predicted molar refractivity (Wildman–Crippen MR) is 90.6 cm³/mol. The maximum absolute atomic E-state index is 12.7. The summed E-state index contributed by atoms with van der Waals surface area (Å²) in [7, 11) is -3.75. The highest BCUT2D eigenvalue weighted by atomic mass is 32.2. The zero-order chi connectivity index (χ0) is 19.5. The van der Waals surface area contributed by atoms with E-state index in [-0.39, 0.29) is 4.90 Å². The smallest absolute Gasteiger partial charge is 0.406 e. The van der Waals surface area contributed by atoms with Crippen molar-refractivity contribution in [3.8, 4) is 5.75 Å². The second-order valence-electron chi connectivity index (χ2n) is 6.07. The molecule has 0 unspecified atom stereocenters. The fourth-order valence-corrected chi connectivity index (χ4v) is 4.25. The molecular weight excluding hydrogens is 385 g/mol. The third kappa shape index (κ3) is 5.21. The lowest BCUT2D eigenvalue weighted by Crippen LogP contribution is -2.49. The number of benzene rings is 1. The Morgan fingerprint density at radius 1 is 1.04 bits per heavy atom. The molecule has 0 bridgehead atoms. The van der Waals surface area contributed by atoms with Crippen molar-refractivity contribution in [3.63, 3.8) is 0 Å². The van der Waals surface area contributed by atoms with Crippen LogP contribution in [0.15, 0.2) is 47.9 Å². The van der Waals surface area contributed by atoms with Crippen LogP contribution in [0.25, 0.3) is 0 Å². The average molecular weight is 404 g/mol. The molecular formula is C16H19F3N4O3S. The molecule has 0 atom stereocenters. The van der Waals surface area contributed by atoms with Gasteiger partial charge in [-0.1, -0.05) is 0 Å². The summed E-state index contributed by atoms with van der Waals surface area (Å²) in [6.45, 7) is 3.38. The first-order valence-electron chi connectivity index (χ1n) is 8.28. The number of rotatable bonds is 6. The van der Waals surface area contributed by atoms with Crippen molar-refractivity contribution in [1.82, 2.24) is 18.8 Å². The van der Waals surface area contributed by atoms with Gasteiger partial charge in [-0.25, -0.2) is 13.4 Å². The molecule has 0 N–H and O–H groups in total. The van der Waals surface area contributed by atoms with Crippen LogP contribution in [0.1, 0.15) is 0 Å². The van der Waals surface area contributed by atoms with Crippen molar-refractivity contribution >= 4 is 10.0 Å². The highest BCUT2D eigenvalue weighted by Crippen LogP contribution is 2.25. The van der Waals surface area contributed by atoms with Gasteiger partial charge < -0.3 is 9.30 Å². The molecule has 1 fully saturated rings. The number of imidazole rings is 1. The molecule has 0 amide bonds. The number of ether oxygens (including phenoxy) is 1. The summed E-state index contributed by atoms with van der Waals surface area (Å²) in [4.78, 5) is 6.08. The van der Waals surface area contributed by atoms with Crippen molar-refractivity contribution in [1.29, 1.82) is 0 Å². The van der Waals surface area contributed by atoms with Crippen LogP contribution in [-0.4, -0.2) is 66.3 Å². The highest BCUT2D eigenvalue weighted by molar-refractivity contribution is 7.89. The van der Waals surface area contributed by atoms with Crippen molar-refractivity contribution in [2.75, 3.05) is 32.7 Å². The summed E-state index contributed by atoms with van der Waals surface area (Å²) < 4.78 is 69.0. The largest absolute Gasteiger partial charge is 0.573 e. The molecule has 1 aromatic carbocycles. The number of aromatic nitrogens is 2. The van der Waals surface area contributed by atoms with Gasteiger partial charge >= 0.3 is 6.36 Å². The maximum Gasteiger partial charge on any atom is 0.573 e. The molecule has 2 heterocycles. The first-order valence-corrected chi connectivity index (χ1v) is 9.72. The van der Waals surface area contributed by atoms with Gasteiger partial charge in [0, 0.05) is 51.7 Å². The number of alkyl halides is 3. The fraction of sp³-hybridized carbons (Fsp3) is 0.438. The van der Waals surface area contributed by atoms with Crippen LogP contribution in [0, 0.1) is 0 Å². The number of piperazine rings is 1. The maximum atomic E-state index is 12.7. The summed E-state index contributed by atoms with van der Waals surface area (Å²) in [6, 6.07) is 4.26. The minimum absolute atomic E-state index is 0.0520. The Morgan fingerprint density at radius 3 is 2.26 bits per heavy atom. The van der Waals surface area contributed by atoms with Crippen LogP contribution in [0.5, 0.6) is 5.75 Å². The Morgan fingerprint density at radius 2 is 1.70 bits per heavy atom. The monoisotopic (exact) mass is 404 g/mol. The van der Waals surface area contributed by atoms with Crippen molar-refractivity contribution in [3.05, 3.63) is 43.0 Å². The SMILES string of the molecule is O=S(=O)(c1ccc(OC(F)(F)F)cc1)N1CCN(CCn2ccnc2)CC1. The lowest BCUT2D eigenvalue weighted by Gasteiger charge is -2.34. The molecule has 0 saturated carbocycles. The Hall–Kier alpha value is -2.11. The zero-order valence-corrected chi connectivity index (χ0v) is 15.2. The molecule has 1 aliphatic rings. The van der Waals surface area contributed by atoms with Gasteiger partial charge in [-0.2, -0.15) is 4.31 Å². The van der Waals surface area contributed by atoms with E-state index < -0.39 is 22.1 Å². The molecule has 3 rings (SSSR count). The van der Waals surface area contributed by atoms with Gasteiger partial charge in [-0.3, -0.25) is 4.90 Å². The van der Waals surface area contributed by atoms with E-state index in [0.29, 0.717) is 26.2 Å². The van der Waals surface area contributed by atoms with E-state index >= 15 is 0 Å². The van der Waals surface area contributed by atoms with E-state index in [1.165, 1.54) is 4.31 Å². The highest BCUT2D eigenvalue weighted by Gasteiger charge is 2.32. The number of hydrogen-bond donors (Lipinski definition) is 0. The van der Waals surface area contributed by atoms with E-state index in [9.17, 15) is 21.6 Å². The molecule has 0 spiro atoms. The molecule has 0 aliphatic carbocycles. The summed E-state index contributed by atoms with van der Waals surface area (Å²) >= 11 is 0. The zero-order valence-electron chi connectivity index (χ0n) is 14.3. The van der Waals surface area contributed by atoms with Crippen LogP contribution in [-0.2, 0) is 16.6 Å². The average Bonchev–Trinajstić information content (AvgIpc) is 3.13. The lowest BCUT2D eigenvalue weighted by atomic mass is 10.3. The second kappa shape index (κ2) is 7.87. The van der Waals surface area contributed by atoms with Crippen LogP contribution < -0.4 is 4.74 Å². The van der Waals surface area contributed by atoms with Gasteiger partial charge in [0.2, 0.25) is 10.0 Å². The first kappa shape index (κ1) is 19.6. The molecule has 1 aliphatic heterocycles. The molecule has 7 nitrogen and oxygen atoms in total. The van der Waals surface area contributed by atoms with E-state index in [0.717, 1.165) is 37.4 Å². The van der Waals surface area contributed by atoms with E-state index in [1.807, 2.05) is 10.8 Å². The minimum Gasteiger partial charge on any atom is -0.406 e. The Balaban J connectivity index is 1.56. The fourth-order valence-electron chi connectivity index (χ4n) is 2.83. The van der Waals surface area contributed by atoms with Gasteiger partial charge in [0.05, 0.1) is 11.2 Å². The van der Waals surface area contributed by atoms with Gasteiger partial charge in [-0.05, 0) is 24.3 Å². The molecule has 0 radical (unpaired) electrons. The molecule has 2 aromatic rings. The van der Waals surface area contributed by atoms with Crippen LogP contribution >= 0.6 is 0 Å². The Bertz CT molecular complexity index is 831. The van der Waals surface area contributed by atoms with Crippen LogP contribution in [0.4, 0.5) is 13.2 Å². The normalized spacial score (nSPS) is 17.1. The van der Waals surface area contributed by atoms with Gasteiger partial charge in [0.1, 0.15) is 5.75 Å². The molecule has 1 saturated heterocycles. The third-order valence-electron chi connectivity index (χ3n) is 4.26. The summed E-state index contributed by atoms with van der Waals surface area (Å²) in [5.74, 6) is -0.453. The van der Waals surface area contributed by atoms with E-state index in [4.69, 9.17) is 0 Å². The standard InChI is InChI=1S/C16H19F3N4O3S/c17-16(18,19)26-14-1-3-15(4-2-14)27(24,25)23-11-9-21(10-12-23)7-8-22-6-5-20-13-22/h1-6,13H,7-12H2. The van der Waals surface area contributed by atoms with Crippen molar-refractivity contribution in [2.24, 2.45) is 0 Å². The van der Waals surface area contributed by atoms with E-state index in [1.54, 1.807) is 12.5 Å². The van der Waals surface area contributed by atoms with Gasteiger partial charge in [-0.15, -0.1) is 13.2 Å². The quantitative estimate of drug-likeness (QED) is 0.734. The summed E-state index contributed by atoms with van der Waals surface area (Å²) in [6.07, 6.45) is 0.489. The number of nitrogens with zero attached hydrogens (tertiary/aromatic N) is 4. The minimum atomic E-state index is -4.81. The number of sulfonamides is 1. The number of hydrogen-bond acceptors (Lipinski definition) is 5. The van der Waals surface area contributed by atoms with Crippen molar-refractivity contribution in [2.45, 2.75) is 17.8 Å². The topological polar surface area (TPSA) is 67.7 Å². The second-order valence-corrected chi connectivity index (χ2v) is 8.00. The van der Waals surface area contributed by atoms with E-state index in [2.05, 4.69) is 14.6 Å². The number of halogens is 3. The third-order valence-corrected chi connectivity index (χ3v) is 6.17. The lowest BCUT2D eigenvalue weighted by molar-refractivity contribution is -0.274. The van der Waals surface area contributed by atoms with Crippen LogP contribution in [0.3, 0.4) is 0 Å². The van der Waals surface area contributed by atoms with Gasteiger partial charge in [0.15, 0.2) is 0 Å². The molecule has 11 heteroatoms.